The lowest BCUT2D eigenvalue weighted by atomic mass is 10.1. The number of rotatable bonds is 4. The summed E-state index contributed by atoms with van der Waals surface area (Å²) in [6, 6.07) is 14.2. The largest absolute Gasteiger partial charge is 0.362 e. The number of pyridine rings is 1. The van der Waals surface area contributed by atoms with Crippen molar-refractivity contribution in [1.29, 1.82) is 0 Å². The molecule has 4 nitrogen and oxygen atoms in total. The molecule has 0 aliphatic carbocycles. The van der Waals surface area contributed by atoms with Gasteiger partial charge in [-0.3, -0.25) is 0 Å². The normalized spacial score (nSPS) is 10.5. The van der Waals surface area contributed by atoms with Gasteiger partial charge < -0.3 is 10.6 Å². The van der Waals surface area contributed by atoms with E-state index in [0.717, 1.165) is 28.4 Å². The molecule has 0 spiro atoms. The first-order valence-corrected chi connectivity index (χ1v) is 7.84. The van der Waals surface area contributed by atoms with E-state index in [0.29, 0.717) is 5.11 Å². The maximum absolute atomic E-state index is 5.28. The molecule has 2 heterocycles. The van der Waals surface area contributed by atoms with Crippen LogP contribution in [-0.4, -0.2) is 21.6 Å². The summed E-state index contributed by atoms with van der Waals surface area (Å²) in [5.74, 6) is 0. The molecule has 0 aliphatic heterocycles. The number of fused-ring (bicyclic) bond motifs is 1. The Bertz CT molecular complexity index is 707. The third kappa shape index (κ3) is 3.74. The van der Waals surface area contributed by atoms with E-state index >= 15 is 0 Å². The highest BCUT2D eigenvalue weighted by molar-refractivity contribution is 7.80. The van der Waals surface area contributed by atoms with E-state index in [9.17, 15) is 0 Å². The molecule has 3 rings (SSSR count). The minimum Gasteiger partial charge on any atom is -0.362 e. The lowest BCUT2D eigenvalue weighted by Crippen LogP contribution is -2.30. The molecule has 2 N–H and O–H groups in total. The number of benzene rings is 1. The second kappa shape index (κ2) is 6.60. The molecule has 0 unspecified atom stereocenters. The van der Waals surface area contributed by atoms with Gasteiger partial charge in [0, 0.05) is 12.7 Å². The Balaban J connectivity index is 1.52. The SMILES string of the molecule is S=C(NCCc1ccccc1)Nc1nc2ncccc2s1. The van der Waals surface area contributed by atoms with Gasteiger partial charge in [0.15, 0.2) is 15.9 Å². The molecule has 0 aliphatic rings. The van der Waals surface area contributed by atoms with Crippen molar-refractivity contribution in [1.82, 2.24) is 15.3 Å². The first-order chi connectivity index (χ1) is 10.3. The second-order valence-electron chi connectivity index (χ2n) is 4.46. The summed E-state index contributed by atoms with van der Waals surface area (Å²) in [4.78, 5) is 8.59. The van der Waals surface area contributed by atoms with Crippen molar-refractivity contribution in [2.24, 2.45) is 0 Å². The van der Waals surface area contributed by atoms with Crippen LogP contribution in [0.15, 0.2) is 48.7 Å². The van der Waals surface area contributed by atoms with Crippen molar-refractivity contribution in [2.45, 2.75) is 6.42 Å². The minimum absolute atomic E-state index is 0.588. The Hall–Kier alpha value is -2.05. The Morgan fingerprint density at radius 2 is 2.00 bits per heavy atom. The Morgan fingerprint density at radius 1 is 1.14 bits per heavy atom. The number of aromatic nitrogens is 2. The molecule has 0 atom stereocenters. The number of nitrogens with zero attached hydrogens (tertiary/aromatic N) is 2. The fourth-order valence-corrected chi connectivity index (χ4v) is 3.02. The fourth-order valence-electron chi connectivity index (χ4n) is 1.93. The van der Waals surface area contributed by atoms with Crippen LogP contribution in [0, 0.1) is 0 Å². The molecule has 21 heavy (non-hydrogen) atoms. The molecule has 0 bridgehead atoms. The number of hydrogen-bond acceptors (Lipinski definition) is 4. The monoisotopic (exact) mass is 314 g/mol. The quantitative estimate of drug-likeness (QED) is 0.724. The summed E-state index contributed by atoms with van der Waals surface area (Å²) < 4.78 is 1.05. The van der Waals surface area contributed by atoms with E-state index in [1.807, 2.05) is 30.3 Å². The van der Waals surface area contributed by atoms with Crippen LogP contribution in [0.3, 0.4) is 0 Å². The highest BCUT2D eigenvalue weighted by atomic mass is 32.1. The predicted molar refractivity (Wildman–Crippen MR) is 91.8 cm³/mol. The Labute approximate surface area is 132 Å². The summed E-state index contributed by atoms with van der Waals surface area (Å²) in [6.45, 7) is 0.791. The average Bonchev–Trinajstić information content (AvgIpc) is 2.90. The van der Waals surface area contributed by atoms with E-state index < -0.39 is 0 Å². The van der Waals surface area contributed by atoms with Gasteiger partial charge >= 0.3 is 0 Å². The maximum Gasteiger partial charge on any atom is 0.191 e. The van der Waals surface area contributed by atoms with Crippen LogP contribution < -0.4 is 10.6 Å². The van der Waals surface area contributed by atoms with E-state index in [1.54, 1.807) is 17.5 Å². The summed E-state index contributed by atoms with van der Waals surface area (Å²) in [6.07, 6.45) is 2.67. The maximum atomic E-state index is 5.28. The molecule has 0 saturated heterocycles. The minimum atomic E-state index is 0.588. The number of thiazole rings is 1. The molecule has 6 heteroatoms. The zero-order valence-corrected chi connectivity index (χ0v) is 12.9. The highest BCUT2D eigenvalue weighted by Gasteiger charge is 2.05. The zero-order valence-electron chi connectivity index (χ0n) is 11.2. The standard InChI is InChI=1S/C15H14N4S2/c20-14(17-10-8-11-5-2-1-3-6-11)19-15-18-13-12(21-15)7-4-9-16-13/h1-7,9H,8,10H2,(H2,16,17,18,19,20). The van der Waals surface area contributed by atoms with Gasteiger partial charge in [-0.05, 0) is 36.3 Å². The topological polar surface area (TPSA) is 49.8 Å². The molecular weight excluding hydrogens is 300 g/mol. The van der Waals surface area contributed by atoms with Gasteiger partial charge in [-0.25, -0.2) is 4.98 Å². The summed E-state index contributed by atoms with van der Waals surface area (Å²) in [5.41, 5.74) is 2.04. The van der Waals surface area contributed by atoms with Crippen molar-refractivity contribution in [3.8, 4) is 0 Å². The van der Waals surface area contributed by atoms with E-state index in [1.165, 1.54) is 5.56 Å². The molecule has 0 radical (unpaired) electrons. The van der Waals surface area contributed by atoms with E-state index in [-0.39, 0.29) is 0 Å². The average molecular weight is 314 g/mol. The molecule has 3 aromatic rings. The first kappa shape index (κ1) is 13.9. The molecule has 0 fully saturated rings. The number of thiocarbonyl (C=S) groups is 1. The van der Waals surface area contributed by atoms with Gasteiger partial charge in [0.2, 0.25) is 0 Å². The van der Waals surface area contributed by atoms with Crippen LogP contribution in [0.25, 0.3) is 10.3 Å². The van der Waals surface area contributed by atoms with Crippen molar-refractivity contribution < 1.29 is 0 Å². The third-order valence-corrected chi connectivity index (χ3v) is 4.10. The lowest BCUT2D eigenvalue weighted by Gasteiger charge is -2.08. The van der Waals surface area contributed by atoms with Crippen LogP contribution >= 0.6 is 23.6 Å². The smallest absolute Gasteiger partial charge is 0.191 e. The van der Waals surface area contributed by atoms with Gasteiger partial charge in [-0.1, -0.05) is 41.7 Å². The zero-order chi connectivity index (χ0) is 14.5. The van der Waals surface area contributed by atoms with Crippen molar-refractivity contribution in [3.63, 3.8) is 0 Å². The van der Waals surface area contributed by atoms with Crippen molar-refractivity contribution in [3.05, 3.63) is 54.2 Å². The molecule has 2 aromatic heterocycles. The number of anilines is 1. The van der Waals surface area contributed by atoms with Gasteiger partial charge in [-0.15, -0.1) is 0 Å². The van der Waals surface area contributed by atoms with E-state index in [2.05, 4.69) is 32.7 Å². The van der Waals surface area contributed by atoms with Gasteiger partial charge in [0.05, 0.1) is 4.70 Å². The molecular formula is C15H14N4S2. The molecule has 0 amide bonds. The van der Waals surface area contributed by atoms with E-state index in [4.69, 9.17) is 12.2 Å². The third-order valence-electron chi connectivity index (χ3n) is 2.93. The summed E-state index contributed by atoms with van der Waals surface area (Å²) in [5, 5.41) is 7.65. The number of nitrogens with one attached hydrogen (secondary N) is 2. The molecule has 0 saturated carbocycles. The van der Waals surface area contributed by atoms with Crippen molar-refractivity contribution in [2.75, 3.05) is 11.9 Å². The van der Waals surface area contributed by atoms with Gasteiger partial charge in [-0.2, -0.15) is 4.98 Å². The van der Waals surface area contributed by atoms with Crippen LogP contribution in [0.4, 0.5) is 5.13 Å². The predicted octanol–water partition coefficient (Wildman–Crippen LogP) is 3.22. The first-order valence-electron chi connectivity index (χ1n) is 6.61. The summed E-state index contributed by atoms with van der Waals surface area (Å²) in [7, 11) is 0. The Morgan fingerprint density at radius 3 is 2.81 bits per heavy atom. The highest BCUT2D eigenvalue weighted by Crippen LogP contribution is 2.23. The summed E-state index contributed by atoms with van der Waals surface area (Å²) >= 11 is 6.82. The molecule has 106 valence electrons. The van der Waals surface area contributed by atoms with Crippen LogP contribution in [0.1, 0.15) is 5.56 Å². The molecule has 1 aromatic carbocycles. The van der Waals surface area contributed by atoms with Crippen LogP contribution in [0.5, 0.6) is 0 Å². The van der Waals surface area contributed by atoms with Crippen LogP contribution in [-0.2, 0) is 6.42 Å². The van der Waals surface area contributed by atoms with Gasteiger partial charge in [0.1, 0.15) is 0 Å². The Kier molecular flexibility index (Phi) is 4.37. The lowest BCUT2D eigenvalue weighted by molar-refractivity contribution is 0.873. The fraction of sp³-hybridized carbons (Fsp3) is 0.133. The van der Waals surface area contributed by atoms with Crippen molar-refractivity contribution >= 4 is 44.1 Å². The second-order valence-corrected chi connectivity index (χ2v) is 5.90. The van der Waals surface area contributed by atoms with Gasteiger partial charge in [0.25, 0.3) is 0 Å². The van der Waals surface area contributed by atoms with Crippen LogP contribution in [0.2, 0.25) is 0 Å². The number of hydrogen-bond donors (Lipinski definition) is 2.